The van der Waals surface area contributed by atoms with Gasteiger partial charge < -0.3 is 9.88 Å². The third-order valence-corrected chi connectivity index (χ3v) is 5.00. The van der Waals surface area contributed by atoms with E-state index in [2.05, 4.69) is 50.6 Å². The van der Waals surface area contributed by atoms with Crippen molar-refractivity contribution in [2.45, 2.75) is 6.54 Å². The molecule has 1 N–H and O–H groups in total. The van der Waals surface area contributed by atoms with E-state index in [0.29, 0.717) is 18.8 Å². The first-order valence-corrected chi connectivity index (χ1v) is 9.02. The molecule has 124 valence electrons. The minimum absolute atomic E-state index is 0.144. The van der Waals surface area contributed by atoms with Gasteiger partial charge in [-0.3, -0.25) is 9.78 Å². The number of carbonyl (C=O) groups excluding carboxylic acids is 1. The fourth-order valence-electron chi connectivity index (χ4n) is 2.95. The topological polar surface area (TPSA) is 46.9 Å². The lowest BCUT2D eigenvalue weighted by atomic mass is 10.2. The molecular formula is C20H17N3OS. The molecule has 4 rings (SSSR count). The Hall–Kier alpha value is -2.92. The van der Waals surface area contributed by atoms with E-state index in [1.165, 1.54) is 21.5 Å². The normalized spacial score (nSPS) is 10.9. The van der Waals surface area contributed by atoms with E-state index in [1.54, 1.807) is 29.7 Å². The molecule has 0 atom stereocenters. The van der Waals surface area contributed by atoms with Gasteiger partial charge in [0.15, 0.2) is 0 Å². The molecule has 0 saturated carbocycles. The highest BCUT2D eigenvalue weighted by molar-refractivity contribution is 7.13. The van der Waals surface area contributed by atoms with Crippen LogP contribution in [0.5, 0.6) is 0 Å². The number of nitrogens with one attached hydrogen (secondary N) is 1. The molecule has 25 heavy (non-hydrogen) atoms. The lowest BCUT2D eigenvalue weighted by Gasteiger charge is -2.11. The van der Waals surface area contributed by atoms with Gasteiger partial charge in [-0.05, 0) is 35.7 Å². The number of benzene rings is 1. The molecule has 0 unspecified atom stereocenters. The van der Waals surface area contributed by atoms with Crippen LogP contribution < -0.4 is 5.32 Å². The van der Waals surface area contributed by atoms with Gasteiger partial charge in [-0.25, -0.2) is 0 Å². The van der Waals surface area contributed by atoms with Gasteiger partial charge in [-0.1, -0.05) is 30.3 Å². The van der Waals surface area contributed by atoms with Crippen LogP contribution >= 0.6 is 11.3 Å². The van der Waals surface area contributed by atoms with Gasteiger partial charge in [0.2, 0.25) is 0 Å². The summed E-state index contributed by atoms with van der Waals surface area (Å²) in [6.07, 6.45) is 1.63. The van der Waals surface area contributed by atoms with Crippen LogP contribution in [-0.4, -0.2) is 22.0 Å². The summed E-state index contributed by atoms with van der Waals surface area (Å²) < 4.78 is 2.26. The third-order valence-electron chi connectivity index (χ3n) is 4.10. The monoisotopic (exact) mass is 347 g/mol. The molecule has 0 aliphatic rings. The predicted octanol–water partition coefficient (Wildman–Crippen LogP) is 4.19. The van der Waals surface area contributed by atoms with Gasteiger partial charge in [-0.15, -0.1) is 11.3 Å². The molecule has 0 aliphatic carbocycles. The zero-order chi connectivity index (χ0) is 17.1. The van der Waals surface area contributed by atoms with Crippen LogP contribution in [0.15, 0.2) is 72.2 Å². The summed E-state index contributed by atoms with van der Waals surface area (Å²) in [6.45, 7) is 1.26. The maximum atomic E-state index is 12.2. The summed E-state index contributed by atoms with van der Waals surface area (Å²) in [5.74, 6) is -0.144. The Kier molecular flexibility index (Phi) is 4.31. The summed E-state index contributed by atoms with van der Waals surface area (Å²) in [6, 6.07) is 20.1. The third kappa shape index (κ3) is 3.19. The standard InChI is InChI=1S/C20H17N3OS/c24-20(16-7-3-4-10-21-16)22-11-12-23-17-8-2-1-6-15(17)14-18(23)19-9-5-13-25-19/h1-10,13-14H,11-12H2,(H,22,24). The van der Waals surface area contributed by atoms with Crippen LogP contribution in [0.25, 0.3) is 21.5 Å². The van der Waals surface area contributed by atoms with E-state index in [-0.39, 0.29) is 5.91 Å². The molecule has 0 aliphatic heterocycles. The number of para-hydroxylation sites is 1. The highest BCUT2D eigenvalue weighted by Gasteiger charge is 2.12. The van der Waals surface area contributed by atoms with Crippen molar-refractivity contribution >= 4 is 28.1 Å². The highest BCUT2D eigenvalue weighted by Crippen LogP contribution is 2.31. The van der Waals surface area contributed by atoms with E-state index in [4.69, 9.17) is 0 Å². The number of pyridine rings is 1. The lowest BCUT2D eigenvalue weighted by molar-refractivity contribution is 0.0947. The van der Waals surface area contributed by atoms with Crippen molar-refractivity contribution in [3.8, 4) is 10.6 Å². The molecule has 5 heteroatoms. The SMILES string of the molecule is O=C(NCCn1c(-c2cccs2)cc2ccccc21)c1ccccn1. The molecule has 3 heterocycles. The largest absolute Gasteiger partial charge is 0.349 e. The highest BCUT2D eigenvalue weighted by atomic mass is 32.1. The second-order valence-corrected chi connectivity index (χ2v) is 6.64. The smallest absolute Gasteiger partial charge is 0.269 e. The summed E-state index contributed by atoms with van der Waals surface area (Å²) in [4.78, 5) is 17.5. The van der Waals surface area contributed by atoms with Crippen molar-refractivity contribution in [3.63, 3.8) is 0 Å². The van der Waals surface area contributed by atoms with Crippen LogP contribution in [-0.2, 0) is 6.54 Å². The first-order valence-electron chi connectivity index (χ1n) is 8.14. The van der Waals surface area contributed by atoms with Gasteiger partial charge >= 0.3 is 0 Å². The second-order valence-electron chi connectivity index (χ2n) is 5.69. The van der Waals surface area contributed by atoms with Crippen LogP contribution in [0.3, 0.4) is 0 Å². The number of nitrogens with zero attached hydrogens (tertiary/aromatic N) is 2. The quantitative estimate of drug-likeness (QED) is 0.588. The summed E-state index contributed by atoms with van der Waals surface area (Å²) in [5.41, 5.74) is 2.81. The minimum atomic E-state index is -0.144. The number of thiophene rings is 1. The average Bonchev–Trinajstić information content (AvgIpc) is 3.30. The molecule has 4 nitrogen and oxygen atoms in total. The van der Waals surface area contributed by atoms with Crippen molar-refractivity contribution < 1.29 is 4.79 Å². The number of carbonyl (C=O) groups is 1. The second kappa shape index (κ2) is 6.91. The molecular weight excluding hydrogens is 330 g/mol. The van der Waals surface area contributed by atoms with Crippen LogP contribution in [0.1, 0.15) is 10.5 Å². The number of rotatable bonds is 5. The Morgan fingerprint density at radius 3 is 2.76 bits per heavy atom. The Morgan fingerprint density at radius 1 is 1.08 bits per heavy atom. The van der Waals surface area contributed by atoms with Gasteiger partial charge in [-0.2, -0.15) is 0 Å². The van der Waals surface area contributed by atoms with Crippen molar-refractivity contribution in [1.82, 2.24) is 14.9 Å². The fourth-order valence-corrected chi connectivity index (χ4v) is 3.70. The first-order chi connectivity index (χ1) is 12.3. The number of aromatic nitrogens is 2. The van der Waals surface area contributed by atoms with Gasteiger partial charge in [0, 0.05) is 30.2 Å². The molecule has 3 aromatic heterocycles. The molecule has 0 saturated heterocycles. The van der Waals surface area contributed by atoms with Crippen LogP contribution in [0.4, 0.5) is 0 Å². The van der Waals surface area contributed by atoms with E-state index in [9.17, 15) is 4.79 Å². The van der Waals surface area contributed by atoms with Crippen molar-refractivity contribution in [2.24, 2.45) is 0 Å². The lowest BCUT2D eigenvalue weighted by Crippen LogP contribution is -2.28. The van der Waals surface area contributed by atoms with Crippen molar-refractivity contribution in [1.29, 1.82) is 0 Å². The number of hydrogen-bond donors (Lipinski definition) is 1. The van der Waals surface area contributed by atoms with Crippen molar-refractivity contribution in [3.05, 3.63) is 77.9 Å². The van der Waals surface area contributed by atoms with Gasteiger partial charge in [0.25, 0.3) is 5.91 Å². The average molecular weight is 347 g/mol. The number of hydrogen-bond acceptors (Lipinski definition) is 3. The van der Waals surface area contributed by atoms with Gasteiger partial charge in [0.05, 0.1) is 10.6 Å². The van der Waals surface area contributed by atoms with Crippen molar-refractivity contribution in [2.75, 3.05) is 6.54 Å². The van der Waals surface area contributed by atoms with Gasteiger partial charge in [0.1, 0.15) is 5.69 Å². The van der Waals surface area contributed by atoms with E-state index in [1.807, 2.05) is 18.2 Å². The fraction of sp³-hybridized carbons (Fsp3) is 0.100. The van der Waals surface area contributed by atoms with E-state index >= 15 is 0 Å². The Morgan fingerprint density at radius 2 is 1.96 bits per heavy atom. The number of fused-ring (bicyclic) bond motifs is 1. The van der Waals surface area contributed by atoms with E-state index in [0.717, 1.165) is 0 Å². The molecule has 0 spiro atoms. The summed E-state index contributed by atoms with van der Waals surface area (Å²) >= 11 is 1.72. The molecule has 0 fully saturated rings. The van der Waals surface area contributed by atoms with E-state index < -0.39 is 0 Å². The molecule has 0 radical (unpaired) electrons. The zero-order valence-electron chi connectivity index (χ0n) is 13.6. The maximum absolute atomic E-state index is 12.2. The minimum Gasteiger partial charge on any atom is -0.349 e. The predicted molar refractivity (Wildman–Crippen MR) is 102 cm³/mol. The molecule has 1 aromatic carbocycles. The van der Waals surface area contributed by atoms with Crippen LogP contribution in [0, 0.1) is 0 Å². The maximum Gasteiger partial charge on any atom is 0.269 e. The first kappa shape index (κ1) is 15.6. The number of amides is 1. The Balaban J connectivity index is 1.57. The summed E-state index contributed by atoms with van der Waals surface area (Å²) in [5, 5.41) is 6.25. The zero-order valence-corrected chi connectivity index (χ0v) is 14.4. The molecule has 0 bridgehead atoms. The molecule has 1 amide bonds. The Bertz CT molecular complexity index is 990. The summed E-state index contributed by atoms with van der Waals surface area (Å²) in [7, 11) is 0. The van der Waals surface area contributed by atoms with Crippen LogP contribution in [0.2, 0.25) is 0 Å². The molecule has 4 aromatic rings. The Labute approximate surface area is 149 Å².